The third kappa shape index (κ3) is 3.93. The molecule has 0 aromatic heterocycles. The van der Waals surface area contributed by atoms with Gasteiger partial charge in [0.25, 0.3) is 5.69 Å². The fraction of sp³-hybridized carbons (Fsp3) is 0.571. The van der Waals surface area contributed by atoms with Crippen molar-refractivity contribution in [2.45, 2.75) is 32.2 Å². The van der Waals surface area contributed by atoms with Crippen molar-refractivity contribution in [2.75, 3.05) is 25.0 Å². The molecule has 0 unspecified atom stereocenters. The molecular weight excluding hydrogens is 322 g/mol. The maximum absolute atomic E-state index is 10.7. The molecule has 1 N–H and O–H groups in total. The van der Waals surface area contributed by atoms with Gasteiger partial charge in [0.15, 0.2) is 0 Å². The molecule has 6 heteroatoms. The molecule has 0 radical (unpaired) electrons. The molecule has 1 saturated heterocycles. The molecule has 20 heavy (non-hydrogen) atoms. The number of likely N-dealkylation sites (tertiary alicyclic amines) is 1. The number of benzene rings is 1. The minimum absolute atomic E-state index is 0.111. The van der Waals surface area contributed by atoms with E-state index >= 15 is 0 Å². The molecule has 1 fully saturated rings. The Labute approximate surface area is 127 Å². The van der Waals surface area contributed by atoms with Gasteiger partial charge in [-0.15, -0.1) is 0 Å². The van der Waals surface area contributed by atoms with E-state index in [0.717, 1.165) is 36.1 Å². The van der Waals surface area contributed by atoms with E-state index in [1.807, 2.05) is 0 Å². The summed E-state index contributed by atoms with van der Waals surface area (Å²) in [6.07, 6.45) is 3.43. The molecule has 0 saturated carbocycles. The van der Waals surface area contributed by atoms with Gasteiger partial charge in [-0.2, -0.15) is 0 Å². The summed E-state index contributed by atoms with van der Waals surface area (Å²) in [5.41, 5.74) is 1.05. The van der Waals surface area contributed by atoms with Gasteiger partial charge in [-0.1, -0.05) is 6.92 Å². The number of hydrogen-bond acceptors (Lipinski definition) is 4. The number of nitrogens with zero attached hydrogens (tertiary/aromatic N) is 2. The summed E-state index contributed by atoms with van der Waals surface area (Å²) < 4.78 is 0.752. The van der Waals surface area contributed by atoms with E-state index in [0.29, 0.717) is 6.04 Å². The predicted octanol–water partition coefficient (Wildman–Crippen LogP) is 3.64. The Bertz CT molecular complexity index is 473. The second-order valence-electron chi connectivity index (χ2n) is 5.18. The number of nitrogens with one attached hydrogen (secondary N) is 1. The molecule has 1 aliphatic rings. The minimum Gasteiger partial charge on any atom is -0.381 e. The van der Waals surface area contributed by atoms with Crippen LogP contribution >= 0.6 is 15.9 Å². The number of piperidine rings is 1. The Morgan fingerprint density at radius 2 is 2.15 bits per heavy atom. The molecule has 2 rings (SSSR count). The van der Waals surface area contributed by atoms with Crippen molar-refractivity contribution in [3.63, 3.8) is 0 Å². The van der Waals surface area contributed by atoms with E-state index in [1.54, 1.807) is 18.2 Å². The minimum atomic E-state index is -0.377. The van der Waals surface area contributed by atoms with E-state index in [9.17, 15) is 10.1 Å². The number of hydrogen-bond donors (Lipinski definition) is 1. The number of nitro benzene ring substituents is 1. The topological polar surface area (TPSA) is 58.4 Å². The van der Waals surface area contributed by atoms with Gasteiger partial charge in [0.1, 0.15) is 0 Å². The Kier molecular flexibility index (Phi) is 5.37. The first-order chi connectivity index (χ1) is 9.60. The molecule has 0 atom stereocenters. The van der Waals surface area contributed by atoms with Crippen LogP contribution in [0.15, 0.2) is 22.7 Å². The molecule has 0 amide bonds. The number of anilines is 1. The highest BCUT2D eigenvalue weighted by Gasteiger charge is 2.19. The average Bonchev–Trinajstić information content (AvgIpc) is 2.43. The Balaban J connectivity index is 1.93. The maximum atomic E-state index is 10.7. The van der Waals surface area contributed by atoms with Gasteiger partial charge in [0.05, 0.1) is 4.92 Å². The quantitative estimate of drug-likeness (QED) is 0.656. The monoisotopic (exact) mass is 341 g/mol. The van der Waals surface area contributed by atoms with Gasteiger partial charge in [-0.05, 0) is 47.8 Å². The van der Waals surface area contributed by atoms with Crippen molar-refractivity contribution in [1.82, 2.24) is 4.90 Å². The number of nitro groups is 1. The van der Waals surface area contributed by atoms with Crippen LogP contribution in [0.25, 0.3) is 0 Å². The zero-order valence-corrected chi connectivity index (χ0v) is 13.2. The second kappa shape index (κ2) is 7.04. The summed E-state index contributed by atoms with van der Waals surface area (Å²) in [5, 5.41) is 14.2. The molecule has 110 valence electrons. The smallest absolute Gasteiger partial charge is 0.270 e. The predicted molar refractivity (Wildman–Crippen MR) is 84.2 cm³/mol. The first-order valence-corrected chi connectivity index (χ1v) is 7.82. The zero-order valence-electron chi connectivity index (χ0n) is 11.6. The van der Waals surface area contributed by atoms with Gasteiger partial charge in [0, 0.05) is 41.4 Å². The van der Waals surface area contributed by atoms with E-state index in [1.165, 1.54) is 13.0 Å². The van der Waals surface area contributed by atoms with Gasteiger partial charge >= 0.3 is 0 Å². The van der Waals surface area contributed by atoms with E-state index in [4.69, 9.17) is 0 Å². The molecule has 0 bridgehead atoms. The highest BCUT2D eigenvalue weighted by Crippen LogP contribution is 2.28. The summed E-state index contributed by atoms with van der Waals surface area (Å²) >= 11 is 3.40. The van der Waals surface area contributed by atoms with Gasteiger partial charge in [0.2, 0.25) is 0 Å². The lowest BCUT2D eigenvalue weighted by molar-refractivity contribution is -0.384. The van der Waals surface area contributed by atoms with Crippen molar-refractivity contribution in [1.29, 1.82) is 0 Å². The van der Waals surface area contributed by atoms with Crippen LogP contribution in [-0.2, 0) is 0 Å². The van der Waals surface area contributed by atoms with Crippen LogP contribution in [0.2, 0.25) is 0 Å². The van der Waals surface area contributed by atoms with Crippen LogP contribution in [0.1, 0.15) is 26.2 Å². The molecule has 1 aromatic rings. The lowest BCUT2D eigenvalue weighted by Gasteiger charge is -2.32. The third-order valence-corrected chi connectivity index (χ3v) is 4.31. The number of rotatable bonds is 5. The SMILES string of the molecule is CCCN1CCC(Nc2ccc([N+](=O)[O-])cc2Br)CC1. The molecule has 5 nitrogen and oxygen atoms in total. The summed E-state index contributed by atoms with van der Waals surface area (Å²) in [5.74, 6) is 0. The number of halogens is 1. The molecule has 1 aliphatic heterocycles. The van der Waals surface area contributed by atoms with Crippen LogP contribution in [0.5, 0.6) is 0 Å². The van der Waals surface area contributed by atoms with Crippen molar-refractivity contribution in [3.05, 3.63) is 32.8 Å². The first kappa shape index (κ1) is 15.3. The Morgan fingerprint density at radius 3 is 2.70 bits per heavy atom. The van der Waals surface area contributed by atoms with Crippen molar-refractivity contribution in [2.24, 2.45) is 0 Å². The van der Waals surface area contributed by atoms with Crippen LogP contribution < -0.4 is 5.32 Å². The van der Waals surface area contributed by atoms with Gasteiger partial charge in [-0.25, -0.2) is 0 Å². The van der Waals surface area contributed by atoms with Crippen LogP contribution in [-0.4, -0.2) is 35.5 Å². The lowest BCUT2D eigenvalue weighted by atomic mass is 10.0. The van der Waals surface area contributed by atoms with Crippen molar-refractivity contribution >= 4 is 27.3 Å². The molecule has 0 aliphatic carbocycles. The lowest BCUT2D eigenvalue weighted by Crippen LogP contribution is -2.39. The maximum Gasteiger partial charge on any atom is 0.270 e. The summed E-state index contributed by atoms with van der Waals surface area (Å²) in [6, 6.07) is 5.31. The Hall–Kier alpha value is -1.14. The first-order valence-electron chi connectivity index (χ1n) is 7.03. The molecule has 0 spiro atoms. The van der Waals surface area contributed by atoms with Crippen LogP contribution in [0.4, 0.5) is 11.4 Å². The molecule has 1 heterocycles. The second-order valence-corrected chi connectivity index (χ2v) is 6.04. The highest BCUT2D eigenvalue weighted by atomic mass is 79.9. The van der Waals surface area contributed by atoms with E-state index in [2.05, 4.69) is 33.1 Å². The highest BCUT2D eigenvalue weighted by molar-refractivity contribution is 9.10. The fourth-order valence-corrected chi connectivity index (χ4v) is 3.05. The van der Waals surface area contributed by atoms with Crippen molar-refractivity contribution < 1.29 is 4.92 Å². The summed E-state index contributed by atoms with van der Waals surface area (Å²) in [4.78, 5) is 12.8. The summed E-state index contributed by atoms with van der Waals surface area (Å²) in [7, 11) is 0. The van der Waals surface area contributed by atoms with E-state index < -0.39 is 0 Å². The average molecular weight is 342 g/mol. The standard InChI is InChI=1S/C14H20BrN3O2/c1-2-7-17-8-5-11(6-9-17)16-14-4-3-12(18(19)20)10-13(14)15/h3-4,10-11,16H,2,5-9H2,1H3. The molecular formula is C14H20BrN3O2. The van der Waals surface area contributed by atoms with E-state index in [-0.39, 0.29) is 10.6 Å². The van der Waals surface area contributed by atoms with Crippen molar-refractivity contribution in [3.8, 4) is 0 Å². The van der Waals surface area contributed by atoms with Gasteiger partial charge < -0.3 is 10.2 Å². The zero-order chi connectivity index (χ0) is 14.5. The fourth-order valence-electron chi connectivity index (χ4n) is 2.57. The summed E-state index contributed by atoms with van der Waals surface area (Å²) in [6.45, 7) is 5.62. The van der Waals surface area contributed by atoms with Gasteiger partial charge in [-0.3, -0.25) is 10.1 Å². The van der Waals surface area contributed by atoms with Crippen LogP contribution in [0.3, 0.4) is 0 Å². The third-order valence-electron chi connectivity index (χ3n) is 3.65. The largest absolute Gasteiger partial charge is 0.381 e. The molecule has 1 aromatic carbocycles. The van der Waals surface area contributed by atoms with Crippen LogP contribution in [0, 0.1) is 10.1 Å². The normalized spacial score (nSPS) is 17.1. The number of non-ortho nitro benzene ring substituents is 1. The Morgan fingerprint density at radius 1 is 1.45 bits per heavy atom.